The molecule has 8 nitrogen and oxygen atoms in total. The highest BCUT2D eigenvalue weighted by Crippen LogP contribution is 2.46. The number of ether oxygens (including phenoxy) is 2. The number of sulfonamides is 1. The van der Waals surface area contributed by atoms with Crippen LogP contribution in [0.15, 0.2) is 61.2 Å². The van der Waals surface area contributed by atoms with Crippen molar-refractivity contribution in [2.75, 3.05) is 31.2 Å². The number of carbonyl (C=O) groups is 1. The van der Waals surface area contributed by atoms with Gasteiger partial charge in [-0.25, -0.2) is 13.1 Å². The van der Waals surface area contributed by atoms with Gasteiger partial charge in [0, 0.05) is 35.7 Å². The fourth-order valence-electron chi connectivity index (χ4n) is 8.43. The van der Waals surface area contributed by atoms with Crippen molar-refractivity contribution in [1.29, 1.82) is 0 Å². The van der Waals surface area contributed by atoms with E-state index in [-0.39, 0.29) is 34.8 Å². The number of amides is 1. The van der Waals surface area contributed by atoms with Crippen LogP contribution in [0.5, 0.6) is 5.75 Å². The Morgan fingerprint density at radius 1 is 1.22 bits per heavy atom. The molecule has 2 heterocycles. The maximum absolute atomic E-state index is 13.8. The van der Waals surface area contributed by atoms with Crippen molar-refractivity contribution in [2.45, 2.75) is 101 Å². The van der Waals surface area contributed by atoms with Crippen LogP contribution < -0.4 is 14.4 Å². The third-order valence-corrected chi connectivity index (χ3v) is 13.7. The molecule has 10 heteroatoms. The number of unbranched alkanes of at least 4 members (excludes halogenated alkanes) is 1. The van der Waals surface area contributed by atoms with Crippen molar-refractivity contribution in [3.8, 4) is 5.75 Å². The van der Waals surface area contributed by atoms with Crippen LogP contribution in [-0.4, -0.2) is 63.2 Å². The highest BCUT2D eigenvalue weighted by Gasteiger charge is 2.44. The highest BCUT2D eigenvalue weighted by molar-refractivity contribution is 7.90. The van der Waals surface area contributed by atoms with Gasteiger partial charge in [0.25, 0.3) is 5.91 Å². The Hall–Kier alpha value is -2.85. The molecule has 0 unspecified atom stereocenters. The number of hydrogen-bond donors (Lipinski definition) is 2. The predicted molar refractivity (Wildman–Crippen MR) is 200 cm³/mol. The largest absolute Gasteiger partial charge is 0.490 e. The lowest BCUT2D eigenvalue weighted by atomic mass is 9.68. The van der Waals surface area contributed by atoms with Crippen LogP contribution in [0.1, 0.15) is 93.1 Å². The zero-order chi connectivity index (χ0) is 35.5. The molecule has 1 amide bonds. The summed E-state index contributed by atoms with van der Waals surface area (Å²) in [5, 5.41) is 11.0. The molecule has 7 atom stereocenters. The first kappa shape index (κ1) is 36.9. The van der Waals surface area contributed by atoms with Gasteiger partial charge in [-0.2, -0.15) is 0 Å². The van der Waals surface area contributed by atoms with Crippen LogP contribution in [-0.2, 0) is 26.6 Å². The lowest BCUT2D eigenvalue weighted by Crippen LogP contribution is -2.49. The van der Waals surface area contributed by atoms with E-state index in [1.807, 2.05) is 19.1 Å². The quantitative estimate of drug-likeness (QED) is 0.196. The Morgan fingerprint density at radius 3 is 2.74 bits per heavy atom. The summed E-state index contributed by atoms with van der Waals surface area (Å²) >= 11 is 6.44. The zero-order valence-corrected chi connectivity index (χ0v) is 31.1. The van der Waals surface area contributed by atoms with E-state index in [9.17, 15) is 18.3 Å². The second-order valence-electron chi connectivity index (χ2n) is 15.0. The molecule has 2 aromatic rings. The summed E-state index contributed by atoms with van der Waals surface area (Å²) in [6.07, 6.45) is 13.7. The normalized spacial score (nSPS) is 26.4. The number of benzene rings is 2. The molecule has 272 valence electrons. The minimum Gasteiger partial charge on any atom is -0.490 e. The molecule has 2 aliphatic carbocycles. The van der Waals surface area contributed by atoms with E-state index in [4.69, 9.17) is 21.1 Å². The number of allylic oxidation sites excluding steroid dienone is 2. The summed E-state index contributed by atoms with van der Waals surface area (Å²) < 4.78 is 42.1. The minimum absolute atomic E-state index is 0.124. The third-order valence-electron chi connectivity index (χ3n) is 11.6. The molecule has 1 saturated heterocycles. The van der Waals surface area contributed by atoms with E-state index in [1.54, 1.807) is 24.3 Å². The fraction of sp³-hybridized carbons (Fsp3) is 0.575. The van der Waals surface area contributed by atoms with Gasteiger partial charge in [0.15, 0.2) is 0 Å². The number of aliphatic hydroxyl groups is 1. The van der Waals surface area contributed by atoms with E-state index < -0.39 is 27.3 Å². The number of halogens is 1. The number of nitrogens with one attached hydrogen (secondary N) is 1. The van der Waals surface area contributed by atoms with Gasteiger partial charge in [-0.15, -0.1) is 6.58 Å². The van der Waals surface area contributed by atoms with Gasteiger partial charge in [0.2, 0.25) is 10.0 Å². The van der Waals surface area contributed by atoms with Crippen molar-refractivity contribution in [2.24, 2.45) is 17.8 Å². The van der Waals surface area contributed by atoms with Gasteiger partial charge in [-0.1, -0.05) is 56.2 Å². The fourth-order valence-corrected chi connectivity index (χ4v) is 10.3. The van der Waals surface area contributed by atoms with Crippen LogP contribution in [0.4, 0.5) is 5.69 Å². The third kappa shape index (κ3) is 7.96. The van der Waals surface area contributed by atoms with E-state index in [1.165, 1.54) is 11.1 Å². The van der Waals surface area contributed by atoms with E-state index >= 15 is 0 Å². The van der Waals surface area contributed by atoms with Crippen molar-refractivity contribution in [3.63, 3.8) is 0 Å². The first-order chi connectivity index (χ1) is 24.0. The molecule has 0 aromatic heterocycles. The molecule has 2 aromatic carbocycles. The van der Waals surface area contributed by atoms with Gasteiger partial charge in [-0.05, 0) is 117 Å². The molecule has 50 heavy (non-hydrogen) atoms. The van der Waals surface area contributed by atoms with Crippen molar-refractivity contribution in [3.05, 3.63) is 82.9 Å². The Labute approximate surface area is 303 Å². The lowest BCUT2D eigenvalue weighted by Gasteiger charge is -2.45. The Bertz CT molecular complexity index is 1680. The standard InChI is InChI=1S/C40H53ClN2O6S/c1-4-6-7-11-36(44)33-15-12-30(33)24-43-25-40(19-8-10-28-21-31(41)14-16-34(28)40)26-49-37-17-13-29(22-35(37)43)39(45)42-50(46,47)38(27(3)9-5-2)23-32-18-20-48-32/h5,7,11,13-14,16-17,21-22,27,30,32-33,36,38,44H,2,4,6,8-10,12,15,18-20,23-26H2,1,3H3,(H,42,45)/b11-7+/t27-,30+,32-,33-,36+,38+,40+/m1/s1. The maximum Gasteiger partial charge on any atom is 0.264 e. The second kappa shape index (κ2) is 15.8. The number of rotatable bonds is 14. The molecular weight excluding hydrogens is 672 g/mol. The van der Waals surface area contributed by atoms with Crippen LogP contribution in [0, 0.1) is 17.8 Å². The first-order valence-corrected chi connectivity index (χ1v) is 20.4. The molecule has 2 aliphatic heterocycles. The number of anilines is 1. The topological polar surface area (TPSA) is 105 Å². The number of hydrogen-bond acceptors (Lipinski definition) is 7. The lowest BCUT2D eigenvalue weighted by molar-refractivity contribution is -0.0563. The van der Waals surface area contributed by atoms with Gasteiger partial charge >= 0.3 is 0 Å². The second-order valence-corrected chi connectivity index (χ2v) is 17.4. The first-order valence-electron chi connectivity index (χ1n) is 18.5. The van der Waals surface area contributed by atoms with Crippen LogP contribution >= 0.6 is 11.6 Å². The zero-order valence-electron chi connectivity index (χ0n) is 29.5. The number of aryl methyl sites for hydroxylation is 1. The molecule has 2 fully saturated rings. The molecule has 1 spiro atoms. The molecule has 0 radical (unpaired) electrons. The molecule has 2 N–H and O–H groups in total. The van der Waals surface area contributed by atoms with E-state index in [0.717, 1.165) is 62.1 Å². The number of fused-ring (bicyclic) bond motifs is 3. The van der Waals surface area contributed by atoms with Gasteiger partial charge < -0.3 is 19.5 Å². The maximum atomic E-state index is 13.8. The van der Waals surface area contributed by atoms with Crippen LogP contribution in [0.3, 0.4) is 0 Å². The minimum atomic E-state index is -4.02. The smallest absolute Gasteiger partial charge is 0.264 e. The Kier molecular flexibility index (Phi) is 11.7. The number of nitrogens with zero attached hydrogens (tertiary/aromatic N) is 1. The number of carbonyl (C=O) groups excluding carboxylic acids is 1. The molecule has 0 bridgehead atoms. The van der Waals surface area contributed by atoms with Crippen molar-refractivity contribution < 1.29 is 27.8 Å². The SMILES string of the molecule is C=CC[C@@H](C)[C@H](C[C@H]1CCO1)S(=O)(=O)NC(=O)c1ccc2c(c1)N(C[C@@H]1CC[C@H]1[C@@H](O)/C=C/CCC)C[C@@]1(CCCc3cc(Cl)ccc31)CO2. The Balaban J connectivity index is 1.30. The van der Waals surface area contributed by atoms with Crippen molar-refractivity contribution in [1.82, 2.24) is 4.72 Å². The summed E-state index contributed by atoms with van der Waals surface area (Å²) in [4.78, 5) is 16.1. The summed E-state index contributed by atoms with van der Waals surface area (Å²) in [6.45, 7) is 10.3. The van der Waals surface area contributed by atoms with E-state index in [2.05, 4.69) is 41.3 Å². The predicted octanol–water partition coefficient (Wildman–Crippen LogP) is 7.38. The summed E-state index contributed by atoms with van der Waals surface area (Å²) in [6, 6.07) is 11.4. The van der Waals surface area contributed by atoms with Crippen molar-refractivity contribution >= 4 is 33.2 Å². The van der Waals surface area contributed by atoms with Crippen LogP contribution in [0.2, 0.25) is 5.02 Å². The Morgan fingerprint density at radius 2 is 2.04 bits per heavy atom. The van der Waals surface area contributed by atoms with Crippen LogP contribution in [0.25, 0.3) is 0 Å². The molecule has 4 aliphatic rings. The average Bonchev–Trinajstić information content (AvgIpc) is 3.19. The monoisotopic (exact) mass is 724 g/mol. The molecule has 6 rings (SSSR count). The average molecular weight is 725 g/mol. The molecular formula is C40H53ClN2O6S. The summed E-state index contributed by atoms with van der Waals surface area (Å²) in [5.74, 6) is 0.181. The number of aliphatic hydroxyl groups excluding tert-OH is 1. The van der Waals surface area contributed by atoms with E-state index in [0.29, 0.717) is 44.9 Å². The van der Waals surface area contributed by atoms with Gasteiger partial charge in [0.05, 0.1) is 29.8 Å². The molecule has 1 saturated carbocycles. The van der Waals surface area contributed by atoms with Gasteiger partial charge in [-0.3, -0.25) is 4.79 Å². The highest BCUT2D eigenvalue weighted by atomic mass is 35.5. The van der Waals surface area contributed by atoms with Gasteiger partial charge in [0.1, 0.15) is 5.75 Å². The summed E-state index contributed by atoms with van der Waals surface area (Å²) in [7, 11) is -4.02. The summed E-state index contributed by atoms with van der Waals surface area (Å²) in [5.41, 5.74) is 3.23.